The molecule has 0 aromatic carbocycles. The molecule has 0 radical (unpaired) electrons. The van der Waals surface area contributed by atoms with Crippen molar-refractivity contribution in [3.63, 3.8) is 0 Å². The lowest BCUT2D eigenvalue weighted by Gasteiger charge is -2.30. The number of thiazole rings is 1. The van der Waals surface area contributed by atoms with E-state index >= 15 is 0 Å². The van der Waals surface area contributed by atoms with Gasteiger partial charge in [0.15, 0.2) is 5.13 Å². The summed E-state index contributed by atoms with van der Waals surface area (Å²) in [5, 5.41) is 4.55. The number of hydrogen-bond donors (Lipinski definition) is 1. The molecule has 4 heteroatoms. The molecule has 120 valence electrons. The van der Waals surface area contributed by atoms with Gasteiger partial charge in [0.25, 0.3) is 0 Å². The highest BCUT2D eigenvalue weighted by atomic mass is 32.1. The second-order valence-corrected chi connectivity index (χ2v) is 8.04. The van der Waals surface area contributed by atoms with Crippen LogP contribution in [0.2, 0.25) is 0 Å². The van der Waals surface area contributed by atoms with E-state index in [0.29, 0.717) is 17.9 Å². The van der Waals surface area contributed by atoms with Crippen molar-refractivity contribution in [1.82, 2.24) is 10.3 Å². The zero-order chi connectivity index (χ0) is 15.4. The van der Waals surface area contributed by atoms with Gasteiger partial charge in [-0.25, -0.2) is 4.98 Å². The molecule has 1 aliphatic carbocycles. The van der Waals surface area contributed by atoms with E-state index in [9.17, 15) is 0 Å². The molecule has 0 spiro atoms. The Hall–Kier alpha value is -0.610. The van der Waals surface area contributed by atoms with Gasteiger partial charge in [-0.1, -0.05) is 40.5 Å². The van der Waals surface area contributed by atoms with Crippen LogP contribution in [0.1, 0.15) is 69.9 Å². The van der Waals surface area contributed by atoms with Crippen LogP contribution in [-0.4, -0.2) is 24.6 Å². The van der Waals surface area contributed by atoms with Gasteiger partial charge in [0.2, 0.25) is 0 Å². The zero-order valence-electron chi connectivity index (χ0n) is 14.3. The third kappa shape index (κ3) is 4.19. The average Bonchev–Trinajstić information content (AvgIpc) is 3.05. The van der Waals surface area contributed by atoms with E-state index in [1.165, 1.54) is 41.4 Å². The quantitative estimate of drug-likeness (QED) is 0.809. The van der Waals surface area contributed by atoms with E-state index in [1.54, 1.807) is 0 Å². The SMILES string of the molecule is CNCc1sc(N(CC(C)C)C2CCCC2)nc1C(C)C. The number of nitrogens with one attached hydrogen (secondary N) is 1. The molecular weight excluding hydrogens is 278 g/mol. The summed E-state index contributed by atoms with van der Waals surface area (Å²) in [6.07, 6.45) is 5.44. The zero-order valence-corrected chi connectivity index (χ0v) is 15.1. The Kier molecular flexibility index (Phi) is 6.06. The molecule has 0 amide bonds. The molecule has 0 saturated heterocycles. The van der Waals surface area contributed by atoms with Crippen LogP contribution in [0.25, 0.3) is 0 Å². The fourth-order valence-corrected chi connectivity index (χ4v) is 4.51. The standard InChI is InChI=1S/C17H31N3S/c1-12(2)11-20(14-8-6-7-9-14)17-19-16(13(3)4)15(21-17)10-18-5/h12-14,18H,6-11H2,1-5H3. The highest BCUT2D eigenvalue weighted by Gasteiger charge is 2.27. The van der Waals surface area contributed by atoms with Gasteiger partial charge >= 0.3 is 0 Å². The molecule has 1 N–H and O–H groups in total. The van der Waals surface area contributed by atoms with Gasteiger partial charge in [-0.15, -0.1) is 11.3 Å². The molecule has 0 bridgehead atoms. The van der Waals surface area contributed by atoms with E-state index in [2.05, 4.69) is 37.9 Å². The molecule has 1 aliphatic rings. The van der Waals surface area contributed by atoms with Gasteiger partial charge in [-0.2, -0.15) is 0 Å². The second-order valence-electron chi connectivity index (χ2n) is 6.97. The molecule has 2 rings (SSSR count). The molecule has 1 saturated carbocycles. The van der Waals surface area contributed by atoms with Crippen molar-refractivity contribution in [1.29, 1.82) is 0 Å². The first-order valence-electron chi connectivity index (χ1n) is 8.43. The minimum absolute atomic E-state index is 0.503. The molecule has 1 aromatic rings. The highest BCUT2D eigenvalue weighted by Crippen LogP contribution is 2.35. The largest absolute Gasteiger partial charge is 0.345 e. The molecule has 0 aliphatic heterocycles. The highest BCUT2D eigenvalue weighted by molar-refractivity contribution is 7.15. The van der Waals surface area contributed by atoms with Gasteiger partial charge in [-0.05, 0) is 31.7 Å². The van der Waals surface area contributed by atoms with Crippen molar-refractivity contribution < 1.29 is 0 Å². The number of nitrogens with zero attached hydrogens (tertiary/aromatic N) is 2. The van der Waals surface area contributed by atoms with E-state index in [1.807, 2.05) is 18.4 Å². The first-order chi connectivity index (χ1) is 10.0. The Morgan fingerprint density at radius 3 is 2.43 bits per heavy atom. The number of anilines is 1. The van der Waals surface area contributed by atoms with E-state index in [-0.39, 0.29) is 0 Å². The summed E-state index contributed by atoms with van der Waals surface area (Å²) in [5.74, 6) is 1.19. The lowest BCUT2D eigenvalue weighted by Crippen LogP contribution is -2.36. The fraction of sp³-hybridized carbons (Fsp3) is 0.824. The third-order valence-corrected chi connectivity index (χ3v) is 5.28. The Morgan fingerprint density at radius 1 is 1.24 bits per heavy atom. The molecule has 21 heavy (non-hydrogen) atoms. The summed E-state index contributed by atoms with van der Waals surface area (Å²) in [7, 11) is 2.02. The topological polar surface area (TPSA) is 28.2 Å². The Balaban J connectivity index is 2.27. The third-order valence-electron chi connectivity index (χ3n) is 4.17. The van der Waals surface area contributed by atoms with Crippen LogP contribution < -0.4 is 10.2 Å². The van der Waals surface area contributed by atoms with Gasteiger partial charge in [-0.3, -0.25) is 0 Å². The van der Waals surface area contributed by atoms with Crippen LogP contribution in [0.5, 0.6) is 0 Å². The number of aromatic nitrogens is 1. The maximum Gasteiger partial charge on any atom is 0.186 e. The predicted molar refractivity (Wildman–Crippen MR) is 93.4 cm³/mol. The van der Waals surface area contributed by atoms with Gasteiger partial charge < -0.3 is 10.2 Å². The molecule has 1 heterocycles. The fourth-order valence-electron chi connectivity index (χ4n) is 3.20. The summed E-state index contributed by atoms with van der Waals surface area (Å²) in [4.78, 5) is 9.05. The van der Waals surface area contributed by atoms with Gasteiger partial charge in [0.1, 0.15) is 0 Å². The summed E-state index contributed by atoms with van der Waals surface area (Å²) < 4.78 is 0. The summed E-state index contributed by atoms with van der Waals surface area (Å²) >= 11 is 1.90. The van der Waals surface area contributed by atoms with Crippen LogP contribution in [-0.2, 0) is 6.54 Å². The van der Waals surface area contributed by atoms with E-state index in [0.717, 1.165) is 13.1 Å². The summed E-state index contributed by atoms with van der Waals surface area (Å²) in [6, 6.07) is 0.709. The van der Waals surface area contributed by atoms with E-state index < -0.39 is 0 Å². The summed E-state index contributed by atoms with van der Waals surface area (Å²) in [6.45, 7) is 11.2. The van der Waals surface area contributed by atoms with Crippen molar-refractivity contribution in [3.8, 4) is 0 Å². The maximum absolute atomic E-state index is 5.03. The Labute approximate surface area is 134 Å². The minimum Gasteiger partial charge on any atom is -0.345 e. The number of rotatable bonds is 7. The lowest BCUT2D eigenvalue weighted by atomic mass is 10.1. The predicted octanol–water partition coefficient (Wildman–Crippen LogP) is 4.39. The minimum atomic E-state index is 0.503. The van der Waals surface area contributed by atoms with Crippen LogP contribution in [0.15, 0.2) is 0 Å². The van der Waals surface area contributed by atoms with Crippen molar-refractivity contribution in [3.05, 3.63) is 10.6 Å². The van der Waals surface area contributed by atoms with Gasteiger partial charge in [0, 0.05) is 24.0 Å². The molecule has 1 fully saturated rings. The maximum atomic E-state index is 5.03. The first-order valence-corrected chi connectivity index (χ1v) is 9.25. The van der Waals surface area contributed by atoms with Crippen molar-refractivity contribution in [2.75, 3.05) is 18.5 Å². The lowest BCUT2D eigenvalue weighted by molar-refractivity contribution is 0.534. The van der Waals surface area contributed by atoms with Crippen molar-refractivity contribution >= 4 is 16.5 Å². The van der Waals surface area contributed by atoms with Crippen LogP contribution >= 0.6 is 11.3 Å². The average molecular weight is 310 g/mol. The van der Waals surface area contributed by atoms with Crippen molar-refractivity contribution in [2.45, 2.75) is 71.9 Å². The van der Waals surface area contributed by atoms with Gasteiger partial charge in [0.05, 0.1) is 5.69 Å². The Morgan fingerprint density at radius 2 is 1.90 bits per heavy atom. The molecule has 0 atom stereocenters. The molecule has 1 aromatic heterocycles. The van der Waals surface area contributed by atoms with Crippen LogP contribution in [0.3, 0.4) is 0 Å². The number of hydrogen-bond acceptors (Lipinski definition) is 4. The Bertz CT molecular complexity index is 433. The van der Waals surface area contributed by atoms with Crippen LogP contribution in [0, 0.1) is 5.92 Å². The second kappa shape index (κ2) is 7.59. The van der Waals surface area contributed by atoms with Crippen molar-refractivity contribution in [2.24, 2.45) is 5.92 Å². The summed E-state index contributed by atoms with van der Waals surface area (Å²) in [5.41, 5.74) is 1.29. The molecule has 0 unspecified atom stereocenters. The first kappa shape index (κ1) is 16.8. The smallest absolute Gasteiger partial charge is 0.186 e. The monoisotopic (exact) mass is 309 g/mol. The van der Waals surface area contributed by atoms with E-state index in [4.69, 9.17) is 4.98 Å². The molecular formula is C17H31N3S. The molecule has 3 nitrogen and oxygen atoms in total. The van der Waals surface area contributed by atoms with Crippen LogP contribution in [0.4, 0.5) is 5.13 Å². The normalized spacial score (nSPS) is 16.3.